The molecule has 6 heteroatoms. The summed E-state index contributed by atoms with van der Waals surface area (Å²) in [6, 6.07) is 1.37. The van der Waals surface area contributed by atoms with Gasteiger partial charge in [0.15, 0.2) is 0 Å². The van der Waals surface area contributed by atoms with E-state index in [0.29, 0.717) is 18.4 Å². The van der Waals surface area contributed by atoms with Crippen LogP contribution in [-0.4, -0.2) is 23.0 Å². The molecule has 0 radical (unpaired) electrons. The monoisotopic (exact) mass is 269 g/mol. The van der Waals surface area contributed by atoms with Crippen LogP contribution in [0.1, 0.15) is 29.6 Å². The van der Waals surface area contributed by atoms with E-state index in [0.717, 1.165) is 25.0 Å². The van der Waals surface area contributed by atoms with Crippen LogP contribution in [0.4, 0.5) is 8.78 Å². The molecule has 0 bridgehead atoms. The van der Waals surface area contributed by atoms with Crippen molar-refractivity contribution in [3.63, 3.8) is 0 Å². The number of amides is 1. The Kier molecular flexibility index (Phi) is 3.78. The third-order valence-corrected chi connectivity index (χ3v) is 2.99. The molecule has 0 saturated heterocycles. The van der Waals surface area contributed by atoms with Crippen molar-refractivity contribution in [3.05, 3.63) is 35.4 Å². The summed E-state index contributed by atoms with van der Waals surface area (Å²) in [5, 5.41) is 11.3. The number of nitrogens with one attached hydrogen (secondary N) is 1. The number of carboxylic acid groups (broad SMARTS) is 1. The molecular formula is C13H13F2NO3. The lowest BCUT2D eigenvalue weighted by Crippen LogP contribution is -2.41. The molecule has 1 saturated carbocycles. The number of halogens is 2. The zero-order valence-corrected chi connectivity index (χ0v) is 10.0. The van der Waals surface area contributed by atoms with E-state index < -0.39 is 29.6 Å². The lowest BCUT2D eigenvalue weighted by molar-refractivity contribution is -0.139. The molecule has 1 atom stereocenters. The van der Waals surface area contributed by atoms with Gasteiger partial charge in [0.1, 0.15) is 17.7 Å². The Morgan fingerprint density at radius 2 is 1.84 bits per heavy atom. The fraction of sp³-hybridized carbons (Fsp3) is 0.385. The molecule has 1 amide bonds. The molecule has 0 unspecified atom stereocenters. The zero-order valence-electron chi connectivity index (χ0n) is 10.0. The van der Waals surface area contributed by atoms with Gasteiger partial charge in [-0.05, 0) is 24.5 Å². The van der Waals surface area contributed by atoms with Crippen molar-refractivity contribution in [2.75, 3.05) is 0 Å². The van der Waals surface area contributed by atoms with Gasteiger partial charge in [0, 0.05) is 11.6 Å². The Labute approximate surface area is 108 Å². The number of aliphatic carboxylic acids is 1. The highest BCUT2D eigenvalue weighted by Gasteiger charge is 2.30. The third-order valence-electron chi connectivity index (χ3n) is 2.99. The van der Waals surface area contributed by atoms with Gasteiger partial charge in [0.05, 0.1) is 0 Å². The maximum absolute atomic E-state index is 13.0. The van der Waals surface area contributed by atoms with Gasteiger partial charge < -0.3 is 10.4 Å². The van der Waals surface area contributed by atoms with Gasteiger partial charge in [-0.2, -0.15) is 0 Å². The van der Waals surface area contributed by atoms with E-state index in [9.17, 15) is 18.4 Å². The van der Waals surface area contributed by atoms with Gasteiger partial charge in [0.25, 0.3) is 5.91 Å². The first kappa shape index (κ1) is 13.5. The first-order valence-corrected chi connectivity index (χ1v) is 5.95. The Hall–Kier alpha value is -1.98. The van der Waals surface area contributed by atoms with Gasteiger partial charge in [-0.15, -0.1) is 0 Å². The largest absolute Gasteiger partial charge is 0.480 e. The van der Waals surface area contributed by atoms with Crippen LogP contribution in [0.2, 0.25) is 0 Å². The number of hydrogen-bond donors (Lipinski definition) is 2. The molecule has 102 valence electrons. The number of hydrogen-bond acceptors (Lipinski definition) is 2. The molecule has 1 aliphatic carbocycles. The summed E-state index contributed by atoms with van der Waals surface area (Å²) < 4.78 is 25.9. The van der Waals surface area contributed by atoms with Gasteiger partial charge in [-0.1, -0.05) is 12.8 Å². The van der Waals surface area contributed by atoms with Gasteiger partial charge in [0.2, 0.25) is 0 Å². The molecule has 0 heterocycles. The number of carbonyl (C=O) groups excluding carboxylic acids is 1. The molecule has 2 rings (SSSR count). The van der Waals surface area contributed by atoms with Crippen LogP contribution in [0.25, 0.3) is 0 Å². The average molecular weight is 269 g/mol. The molecular weight excluding hydrogens is 256 g/mol. The molecule has 4 nitrogen and oxygen atoms in total. The molecule has 1 aromatic carbocycles. The molecule has 1 aromatic rings. The van der Waals surface area contributed by atoms with E-state index in [-0.39, 0.29) is 5.56 Å². The van der Waals surface area contributed by atoms with Crippen molar-refractivity contribution < 1.29 is 23.5 Å². The molecule has 1 fully saturated rings. The molecule has 0 spiro atoms. The predicted molar refractivity (Wildman–Crippen MR) is 62.6 cm³/mol. The summed E-state index contributed by atoms with van der Waals surface area (Å²) in [6.45, 7) is 0. The van der Waals surface area contributed by atoms with E-state index in [2.05, 4.69) is 5.32 Å². The van der Waals surface area contributed by atoms with Crippen LogP contribution in [0.3, 0.4) is 0 Å². The average Bonchev–Trinajstić information content (AvgIpc) is 3.10. The van der Waals surface area contributed by atoms with Crippen molar-refractivity contribution in [1.82, 2.24) is 5.32 Å². The quantitative estimate of drug-likeness (QED) is 0.858. The predicted octanol–water partition coefficient (Wildman–Crippen LogP) is 1.95. The van der Waals surface area contributed by atoms with Crippen LogP contribution in [0, 0.1) is 17.6 Å². The normalized spacial score (nSPS) is 15.9. The second-order valence-corrected chi connectivity index (χ2v) is 4.70. The van der Waals surface area contributed by atoms with Crippen molar-refractivity contribution in [2.24, 2.45) is 5.92 Å². The number of benzene rings is 1. The first-order valence-electron chi connectivity index (χ1n) is 5.95. The summed E-state index contributed by atoms with van der Waals surface area (Å²) in [4.78, 5) is 22.8. The minimum Gasteiger partial charge on any atom is -0.480 e. The number of rotatable bonds is 5. The van der Waals surface area contributed by atoms with Gasteiger partial charge in [-0.25, -0.2) is 13.6 Å². The molecule has 0 aliphatic heterocycles. The standard InChI is InChI=1S/C13H13F2NO3/c14-9-4-8(5-10(15)6-9)12(17)16-11(13(18)19)3-7-1-2-7/h4-7,11H,1-3H2,(H,16,17)(H,18,19)/t11-/m0/s1. The Balaban J connectivity index is 2.07. The van der Waals surface area contributed by atoms with Crippen molar-refractivity contribution in [1.29, 1.82) is 0 Å². The summed E-state index contributed by atoms with van der Waals surface area (Å²) in [5.74, 6) is -3.37. The van der Waals surface area contributed by atoms with Crippen molar-refractivity contribution >= 4 is 11.9 Å². The topological polar surface area (TPSA) is 66.4 Å². The lowest BCUT2D eigenvalue weighted by Gasteiger charge is -2.14. The maximum Gasteiger partial charge on any atom is 0.326 e. The summed E-state index contributed by atoms with van der Waals surface area (Å²) >= 11 is 0. The van der Waals surface area contributed by atoms with Crippen LogP contribution < -0.4 is 5.32 Å². The maximum atomic E-state index is 13.0. The fourth-order valence-corrected chi connectivity index (χ4v) is 1.83. The van der Waals surface area contributed by atoms with E-state index in [1.54, 1.807) is 0 Å². The van der Waals surface area contributed by atoms with Crippen LogP contribution in [-0.2, 0) is 4.79 Å². The van der Waals surface area contributed by atoms with E-state index >= 15 is 0 Å². The molecule has 19 heavy (non-hydrogen) atoms. The highest BCUT2D eigenvalue weighted by Crippen LogP contribution is 2.33. The van der Waals surface area contributed by atoms with E-state index in [1.165, 1.54) is 0 Å². The second kappa shape index (κ2) is 5.34. The summed E-state index contributed by atoms with van der Waals surface area (Å²) in [6.07, 6.45) is 2.25. The van der Waals surface area contributed by atoms with Crippen molar-refractivity contribution in [2.45, 2.75) is 25.3 Å². The highest BCUT2D eigenvalue weighted by atomic mass is 19.1. The SMILES string of the molecule is O=C(N[C@@H](CC1CC1)C(=O)O)c1cc(F)cc(F)c1. The highest BCUT2D eigenvalue weighted by molar-refractivity contribution is 5.96. The Bertz CT molecular complexity index is 494. The van der Waals surface area contributed by atoms with E-state index in [4.69, 9.17) is 5.11 Å². The van der Waals surface area contributed by atoms with Crippen LogP contribution in [0.5, 0.6) is 0 Å². The first-order chi connectivity index (χ1) is 8.95. The lowest BCUT2D eigenvalue weighted by atomic mass is 10.1. The zero-order chi connectivity index (χ0) is 14.0. The van der Waals surface area contributed by atoms with Gasteiger partial charge >= 0.3 is 5.97 Å². The number of carbonyl (C=O) groups is 2. The van der Waals surface area contributed by atoms with Crippen LogP contribution >= 0.6 is 0 Å². The smallest absolute Gasteiger partial charge is 0.326 e. The Morgan fingerprint density at radius 3 is 2.32 bits per heavy atom. The molecule has 2 N–H and O–H groups in total. The summed E-state index contributed by atoms with van der Waals surface area (Å²) in [5.41, 5.74) is -0.223. The third kappa shape index (κ3) is 3.74. The molecule has 1 aliphatic rings. The summed E-state index contributed by atoms with van der Waals surface area (Å²) in [7, 11) is 0. The molecule has 0 aromatic heterocycles. The Morgan fingerprint density at radius 1 is 1.26 bits per heavy atom. The number of carboxylic acids is 1. The second-order valence-electron chi connectivity index (χ2n) is 4.70. The van der Waals surface area contributed by atoms with Crippen LogP contribution in [0.15, 0.2) is 18.2 Å². The van der Waals surface area contributed by atoms with Crippen molar-refractivity contribution in [3.8, 4) is 0 Å². The minimum absolute atomic E-state index is 0.223. The fourth-order valence-electron chi connectivity index (χ4n) is 1.83. The van der Waals surface area contributed by atoms with Gasteiger partial charge in [-0.3, -0.25) is 4.79 Å². The minimum atomic E-state index is -1.14. The van der Waals surface area contributed by atoms with E-state index in [1.807, 2.05) is 0 Å².